The first-order valence-electron chi connectivity index (χ1n) is 0. The Labute approximate surface area is 87.1 Å². The Morgan fingerprint density at radius 2 is 0.667 bits per heavy atom. The zero-order chi connectivity index (χ0) is 0. The first kappa shape index (κ1) is 97.5. The van der Waals surface area contributed by atoms with Crippen molar-refractivity contribution in [3.8, 4) is 0 Å². The van der Waals surface area contributed by atoms with E-state index in [1.165, 1.54) is 0 Å². The molecule has 6 heteroatoms. The maximum atomic E-state index is 0. The van der Waals surface area contributed by atoms with E-state index in [1.54, 1.807) is 0 Å². The van der Waals surface area contributed by atoms with Gasteiger partial charge in [-0.1, -0.05) is 0 Å². The maximum Gasteiger partial charge on any atom is 2.00 e. The van der Waals surface area contributed by atoms with Crippen molar-refractivity contribution >= 4 is 45.5 Å². The molecule has 4 nitrogen and oxygen atoms in total. The Morgan fingerprint density at radius 3 is 0.667 bits per heavy atom. The molecule has 0 saturated heterocycles. The molecular weight excluding hydrogens is 248 g/mol. The standard InChI is InChI=1S/Mo.4H2O.Sr/h;4*1H2;/q;;;;;+2/p-2. The normalized spacial score (nSPS) is 0. The summed E-state index contributed by atoms with van der Waals surface area (Å²) in [6.07, 6.45) is 0. The summed E-state index contributed by atoms with van der Waals surface area (Å²) in [6, 6.07) is 0. The van der Waals surface area contributed by atoms with Crippen LogP contribution in [0.5, 0.6) is 0 Å². The van der Waals surface area contributed by atoms with Gasteiger partial charge in [-0.15, -0.1) is 0 Å². The molecule has 0 aliphatic heterocycles. The van der Waals surface area contributed by atoms with E-state index < -0.39 is 0 Å². The van der Waals surface area contributed by atoms with E-state index in [2.05, 4.69) is 0 Å². The molecule has 0 aliphatic carbocycles. The van der Waals surface area contributed by atoms with E-state index in [4.69, 9.17) is 0 Å². The van der Waals surface area contributed by atoms with Crippen molar-refractivity contribution in [2.45, 2.75) is 0 Å². The molecule has 0 aromatic rings. The van der Waals surface area contributed by atoms with Crippen LogP contribution in [0.4, 0.5) is 0 Å². The summed E-state index contributed by atoms with van der Waals surface area (Å²) in [7, 11) is 0. The second kappa shape index (κ2) is 62.7. The Bertz CT molecular complexity index is 7.51. The van der Waals surface area contributed by atoms with Crippen molar-refractivity contribution in [1.29, 1.82) is 0 Å². The second-order valence-corrected chi connectivity index (χ2v) is 0. The molecule has 0 bridgehead atoms. The largest absolute Gasteiger partial charge is 2.00 e. The van der Waals surface area contributed by atoms with Gasteiger partial charge in [-0.25, -0.2) is 0 Å². The molecule has 0 spiro atoms. The van der Waals surface area contributed by atoms with Crippen LogP contribution in [0.1, 0.15) is 0 Å². The van der Waals surface area contributed by atoms with E-state index in [-0.39, 0.29) is 88.5 Å². The van der Waals surface area contributed by atoms with Crippen LogP contribution in [-0.4, -0.2) is 67.4 Å². The van der Waals surface area contributed by atoms with Gasteiger partial charge in [-0.2, -0.15) is 0 Å². The van der Waals surface area contributed by atoms with Gasteiger partial charge in [-0.05, 0) is 0 Å². The van der Waals surface area contributed by atoms with Crippen molar-refractivity contribution in [2.24, 2.45) is 0 Å². The van der Waals surface area contributed by atoms with Crippen LogP contribution < -0.4 is 0 Å². The summed E-state index contributed by atoms with van der Waals surface area (Å²) < 4.78 is 0. The van der Waals surface area contributed by atoms with Gasteiger partial charge in [-0.3, -0.25) is 0 Å². The van der Waals surface area contributed by atoms with E-state index in [0.717, 1.165) is 0 Å². The summed E-state index contributed by atoms with van der Waals surface area (Å²) >= 11 is 0. The minimum Gasteiger partial charge on any atom is -0.870 e. The summed E-state index contributed by atoms with van der Waals surface area (Å²) in [6.45, 7) is 0. The van der Waals surface area contributed by atoms with Gasteiger partial charge < -0.3 is 21.9 Å². The van der Waals surface area contributed by atoms with Gasteiger partial charge in [0.1, 0.15) is 0 Å². The van der Waals surface area contributed by atoms with Crippen LogP contribution in [0.3, 0.4) is 0 Å². The molecule has 0 atom stereocenters. The monoisotopic (exact) mass is 256 g/mol. The van der Waals surface area contributed by atoms with Crippen molar-refractivity contribution < 1.29 is 43.0 Å². The average Bonchev–Trinajstić information content (AvgIpc) is 0. The number of rotatable bonds is 0. The molecule has 0 fully saturated rings. The van der Waals surface area contributed by atoms with Crippen molar-refractivity contribution in [2.75, 3.05) is 0 Å². The fourth-order valence-electron chi connectivity index (χ4n) is 0. The zero-order valence-corrected chi connectivity index (χ0v) is 8.49. The number of hydrogen-bond acceptors (Lipinski definition) is 2. The van der Waals surface area contributed by atoms with Crippen molar-refractivity contribution in [3.05, 3.63) is 0 Å². The Morgan fingerprint density at radius 1 is 0.667 bits per heavy atom. The van der Waals surface area contributed by atoms with Crippen LogP contribution in [0, 0.1) is 0 Å². The molecule has 0 unspecified atom stereocenters. The summed E-state index contributed by atoms with van der Waals surface area (Å²) in [4.78, 5) is 0. The fraction of sp³-hybridized carbons (Fsp3) is 0. The first-order valence-corrected chi connectivity index (χ1v) is 0. The van der Waals surface area contributed by atoms with Gasteiger partial charge in [0.25, 0.3) is 0 Å². The van der Waals surface area contributed by atoms with Gasteiger partial charge >= 0.3 is 45.5 Å². The zero-order valence-electron chi connectivity index (χ0n) is 3.01. The SMILES string of the molecule is O.O.[Mo].[OH-].[OH-].[Sr+2]. The first-order chi connectivity index (χ1) is 0. The minimum atomic E-state index is 0. The summed E-state index contributed by atoms with van der Waals surface area (Å²) in [5.41, 5.74) is 0. The topological polar surface area (TPSA) is 123 Å². The van der Waals surface area contributed by atoms with E-state index in [9.17, 15) is 0 Å². The van der Waals surface area contributed by atoms with Crippen LogP contribution in [0.15, 0.2) is 0 Å². The second-order valence-electron chi connectivity index (χ2n) is 0. The Balaban J connectivity index is 0. The molecule has 0 amide bonds. The van der Waals surface area contributed by atoms with Gasteiger partial charge in [0.05, 0.1) is 0 Å². The Kier molecular flexibility index (Phi) is 1020. The molecule has 6 N–H and O–H groups in total. The van der Waals surface area contributed by atoms with Crippen LogP contribution in [0.25, 0.3) is 0 Å². The predicted molar refractivity (Wildman–Crippen MR) is 16.9 cm³/mol. The van der Waals surface area contributed by atoms with E-state index >= 15 is 0 Å². The predicted octanol–water partition coefficient (Wildman–Crippen LogP) is -2.39. The fourth-order valence-corrected chi connectivity index (χ4v) is 0. The van der Waals surface area contributed by atoms with Gasteiger partial charge in [0, 0.05) is 21.1 Å². The third-order valence-electron chi connectivity index (χ3n) is 0. The molecule has 0 rings (SSSR count). The molecule has 0 aliphatic rings. The molecule has 0 saturated carbocycles. The minimum absolute atomic E-state index is 0. The smallest absolute Gasteiger partial charge is 0.870 e. The van der Waals surface area contributed by atoms with Crippen LogP contribution in [0.2, 0.25) is 0 Å². The summed E-state index contributed by atoms with van der Waals surface area (Å²) in [5.74, 6) is 0. The maximum absolute atomic E-state index is 0. The third kappa shape index (κ3) is 37.4. The van der Waals surface area contributed by atoms with Crippen LogP contribution in [-0.2, 0) is 21.1 Å². The van der Waals surface area contributed by atoms with Crippen molar-refractivity contribution in [1.82, 2.24) is 0 Å². The molecule has 0 aromatic heterocycles. The van der Waals surface area contributed by atoms with Crippen molar-refractivity contribution in [3.63, 3.8) is 0 Å². The van der Waals surface area contributed by atoms with Crippen LogP contribution >= 0.6 is 0 Å². The molecule has 6 heavy (non-hydrogen) atoms. The third-order valence-corrected chi connectivity index (χ3v) is 0. The molecule has 38 valence electrons. The number of hydrogen-bond donors (Lipinski definition) is 0. The molecule has 0 aromatic carbocycles. The molecule has 0 heterocycles. The van der Waals surface area contributed by atoms with E-state index in [1.807, 2.05) is 0 Å². The summed E-state index contributed by atoms with van der Waals surface area (Å²) in [5, 5.41) is 0. The van der Waals surface area contributed by atoms with Gasteiger partial charge in [0.15, 0.2) is 0 Å². The molecule has 0 radical (unpaired) electrons. The molecular formula is H6MoO4Sr. The van der Waals surface area contributed by atoms with Gasteiger partial charge in [0.2, 0.25) is 0 Å². The average molecular weight is 254 g/mol. The van der Waals surface area contributed by atoms with E-state index in [0.29, 0.717) is 0 Å². The quantitative estimate of drug-likeness (QED) is 0.447. The Hall–Kier alpha value is 2.01.